The molecule has 1 aromatic heterocycles. The second kappa shape index (κ2) is 10.9. The molecule has 0 radical (unpaired) electrons. The van der Waals surface area contributed by atoms with E-state index in [0.29, 0.717) is 6.04 Å². The Morgan fingerprint density at radius 2 is 1.64 bits per heavy atom. The first kappa shape index (κ1) is 26.7. The topological polar surface area (TPSA) is 37.5 Å². The molecule has 42 heavy (non-hydrogen) atoms. The summed E-state index contributed by atoms with van der Waals surface area (Å²) >= 11 is 0. The van der Waals surface area contributed by atoms with Crippen molar-refractivity contribution in [1.29, 1.82) is 0 Å². The maximum atomic E-state index is 4.52. The highest BCUT2D eigenvalue weighted by atomic mass is 15.2. The van der Waals surface area contributed by atoms with Gasteiger partial charge in [-0.2, -0.15) is 0 Å². The lowest BCUT2D eigenvalue weighted by molar-refractivity contribution is 0.312. The van der Waals surface area contributed by atoms with Crippen molar-refractivity contribution in [1.82, 2.24) is 14.8 Å². The zero-order valence-corrected chi connectivity index (χ0v) is 25.1. The number of aromatic amines is 1. The lowest BCUT2D eigenvalue weighted by Gasteiger charge is -2.35. The molecular formula is C37H41N5. The van der Waals surface area contributed by atoms with Crippen molar-refractivity contribution < 1.29 is 0 Å². The molecule has 1 atom stereocenters. The summed E-state index contributed by atoms with van der Waals surface area (Å²) in [7, 11) is 4.39. The number of hydrogen-bond donors (Lipinski definition) is 2. The number of fused-ring (bicyclic) bond motifs is 2. The first-order valence-electron chi connectivity index (χ1n) is 15.3. The van der Waals surface area contributed by atoms with Crippen LogP contribution in [0.1, 0.15) is 45.8 Å². The van der Waals surface area contributed by atoms with Crippen LogP contribution >= 0.6 is 0 Å². The Labute approximate surface area is 250 Å². The van der Waals surface area contributed by atoms with Crippen LogP contribution in [-0.2, 0) is 6.42 Å². The number of anilines is 2. The van der Waals surface area contributed by atoms with Gasteiger partial charge in [0.25, 0.3) is 0 Å². The Kier molecular flexibility index (Phi) is 6.91. The molecule has 3 aromatic carbocycles. The summed E-state index contributed by atoms with van der Waals surface area (Å²) in [5, 5.41) is 3.65. The highest BCUT2D eigenvalue weighted by Gasteiger charge is 2.26. The Bertz CT molecular complexity index is 1650. The highest BCUT2D eigenvalue weighted by molar-refractivity contribution is 5.96. The zero-order chi connectivity index (χ0) is 28.8. The molecule has 4 heterocycles. The summed E-state index contributed by atoms with van der Waals surface area (Å²) in [6.07, 6.45) is 6.63. The number of rotatable bonds is 4. The van der Waals surface area contributed by atoms with Gasteiger partial charge in [-0.1, -0.05) is 61.2 Å². The van der Waals surface area contributed by atoms with E-state index in [9.17, 15) is 0 Å². The number of likely N-dealkylation sites (N-methyl/N-ethyl adjacent to an activating group) is 1. The van der Waals surface area contributed by atoms with Gasteiger partial charge in [0.15, 0.2) is 0 Å². The van der Waals surface area contributed by atoms with Gasteiger partial charge >= 0.3 is 0 Å². The Balaban J connectivity index is 1.17. The average Bonchev–Trinajstić information content (AvgIpc) is 3.40. The molecule has 0 amide bonds. The van der Waals surface area contributed by atoms with Gasteiger partial charge in [-0.3, -0.25) is 0 Å². The number of nitrogens with one attached hydrogen (secondary N) is 2. The van der Waals surface area contributed by atoms with Gasteiger partial charge in [-0.25, -0.2) is 0 Å². The molecule has 3 aliphatic heterocycles. The molecule has 1 fully saturated rings. The van der Waals surface area contributed by atoms with Crippen molar-refractivity contribution in [2.75, 3.05) is 57.0 Å². The molecule has 0 bridgehead atoms. The van der Waals surface area contributed by atoms with E-state index in [1.54, 1.807) is 0 Å². The van der Waals surface area contributed by atoms with Crippen LogP contribution in [0.25, 0.3) is 28.5 Å². The van der Waals surface area contributed by atoms with Gasteiger partial charge in [-0.15, -0.1) is 0 Å². The Hall–Kier alpha value is -4.22. The Morgan fingerprint density at radius 3 is 2.43 bits per heavy atom. The molecule has 214 valence electrons. The third-order valence-electron chi connectivity index (χ3n) is 9.60. The van der Waals surface area contributed by atoms with E-state index in [4.69, 9.17) is 0 Å². The van der Waals surface area contributed by atoms with Crippen LogP contribution in [0, 0.1) is 6.92 Å². The maximum absolute atomic E-state index is 4.52. The van der Waals surface area contributed by atoms with Gasteiger partial charge in [0.1, 0.15) is 5.82 Å². The fourth-order valence-corrected chi connectivity index (χ4v) is 7.00. The number of aryl methyl sites for hydroxylation is 2. The number of benzene rings is 3. The standard InChI is InChI=1S/C37H41N5/c1-25-20-28(11-14-35(25)42-18-16-40(3)17-19-42)31-22-33-34(24-39-37(33)38-23-31)30-10-13-32-26(2)41(4)36(15-12-29(32)21-30)27-8-6-5-7-9-27/h5-11,13-14,20-22,24,36,38-39H,2,12,15-19,23H2,1,3-4H3. The first-order chi connectivity index (χ1) is 20.5. The maximum Gasteiger partial charge on any atom is 0.111 e. The van der Waals surface area contributed by atoms with Gasteiger partial charge < -0.3 is 25.0 Å². The second-order valence-corrected chi connectivity index (χ2v) is 12.2. The first-order valence-corrected chi connectivity index (χ1v) is 15.3. The highest BCUT2D eigenvalue weighted by Crippen LogP contribution is 2.41. The van der Waals surface area contributed by atoms with Crippen LogP contribution in [0.15, 0.2) is 79.5 Å². The zero-order valence-electron chi connectivity index (χ0n) is 25.1. The minimum absolute atomic E-state index is 0.329. The van der Waals surface area contributed by atoms with E-state index in [-0.39, 0.29) is 0 Å². The molecule has 0 saturated carbocycles. The Morgan fingerprint density at radius 1 is 0.857 bits per heavy atom. The molecule has 7 rings (SSSR count). The van der Waals surface area contributed by atoms with Crippen LogP contribution < -0.4 is 10.2 Å². The van der Waals surface area contributed by atoms with Gasteiger partial charge in [0.2, 0.25) is 0 Å². The normalized spacial score (nSPS) is 19.1. The largest absolute Gasteiger partial charge is 0.369 e. The summed E-state index contributed by atoms with van der Waals surface area (Å²) < 4.78 is 0. The SMILES string of the molecule is C=C1c2ccc(-c3c[nH]c4c3C=C(c3ccc(N5CCN(C)CC5)c(C)c3)CN4)cc2CCC(c2ccccc2)N1C. The van der Waals surface area contributed by atoms with Gasteiger partial charge in [0.05, 0.1) is 6.04 Å². The lowest BCUT2D eigenvalue weighted by atomic mass is 9.92. The van der Waals surface area contributed by atoms with Gasteiger partial charge in [-0.05, 0) is 78.4 Å². The number of piperazine rings is 1. The van der Waals surface area contributed by atoms with E-state index in [2.05, 4.69) is 132 Å². The average molecular weight is 556 g/mol. The molecule has 4 aromatic rings. The van der Waals surface area contributed by atoms with Crippen molar-refractivity contribution in [3.8, 4) is 11.1 Å². The minimum atomic E-state index is 0.329. The van der Waals surface area contributed by atoms with Gasteiger partial charge in [0, 0.05) is 74.0 Å². The molecule has 1 saturated heterocycles. The predicted octanol–water partition coefficient (Wildman–Crippen LogP) is 7.30. The number of H-pyrrole nitrogens is 1. The molecule has 2 N–H and O–H groups in total. The monoisotopic (exact) mass is 555 g/mol. The van der Waals surface area contributed by atoms with Crippen LogP contribution in [0.3, 0.4) is 0 Å². The van der Waals surface area contributed by atoms with Crippen molar-refractivity contribution in [3.63, 3.8) is 0 Å². The molecule has 0 aliphatic carbocycles. The van der Waals surface area contributed by atoms with Crippen LogP contribution in [-0.4, -0.2) is 61.6 Å². The van der Waals surface area contributed by atoms with Crippen LogP contribution in [0.4, 0.5) is 11.5 Å². The van der Waals surface area contributed by atoms with E-state index in [1.165, 1.54) is 55.8 Å². The summed E-state index contributed by atoms with van der Waals surface area (Å²) in [6, 6.07) is 25.1. The fourth-order valence-electron chi connectivity index (χ4n) is 7.00. The third kappa shape index (κ3) is 4.82. The van der Waals surface area contributed by atoms with E-state index >= 15 is 0 Å². The van der Waals surface area contributed by atoms with Crippen molar-refractivity contribution in [3.05, 3.63) is 113 Å². The van der Waals surface area contributed by atoms with Crippen molar-refractivity contribution in [2.24, 2.45) is 0 Å². The molecule has 5 heteroatoms. The number of aromatic nitrogens is 1. The smallest absolute Gasteiger partial charge is 0.111 e. The van der Waals surface area contributed by atoms with E-state index in [1.807, 2.05) is 0 Å². The van der Waals surface area contributed by atoms with Crippen LogP contribution in [0.2, 0.25) is 0 Å². The molecule has 1 unspecified atom stereocenters. The van der Waals surface area contributed by atoms with Crippen LogP contribution in [0.5, 0.6) is 0 Å². The summed E-state index contributed by atoms with van der Waals surface area (Å²) in [6.45, 7) is 12.0. The lowest BCUT2D eigenvalue weighted by Crippen LogP contribution is -2.44. The van der Waals surface area contributed by atoms with Crippen molar-refractivity contribution in [2.45, 2.75) is 25.8 Å². The molecule has 5 nitrogen and oxygen atoms in total. The fraction of sp³-hybridized carbons (Fsp3) is 0.297. The summed E-state index contributed by atoms with van der Waals surface area (Å²) in [5.74, 6) is 1.10. The molecule has 0 spiro atoms. The number of hydrogen-bond acceptors (Lipinski definition) is 4. The molecule has 3 aliphatic rings. The molecular weight excluding hydrogens is 514 g/mol. The third-order valence-corrected chi connectivity index (χ3v) is 9.60. The quantitative estimate of drug-likeness (QED) is 0.277. The van der Waals surface area contributed by atoms with E-state index < -0.39 is 0 Å². The minimum Gasteiger partial charge on any atom is -0.369 e. The second-order valence-electron chi connectivity index (χ2n) is 12.2. The summed E-state index contributed by atoms with van der Waals surface area (Å²) in [5.41, 5.74) is 14.2. The van der Waals surface area contributed by atoms with E-state index in [0.717, 1.165) is 57.1 Å². The summed E-state index contributed by atoms with van der Waals surface area (Å²) in [4.78, 5) is 10.8. The predicted molar refractivity (Wildman–Crippen MR) is 178 cm³/mol. The van der Waals surface area contributed by atoms with Crippen molar-refractivity contribution >= 4 is 28.9 Å². The number of nitrogens with zero attached hydrogens (tertiary/aromatic N) is 3.